The molecular weight excluding hydrogens is 234 g/mol. The lowest BCUT2D eigenvalue weighted by Gasteiger charge is -2.16. The van der Waals surface area contributed by atoms with Gasteiger partial charge in [0.25, 0.3) is 0 Å². The van der Waals surface area contributed by atoms with Crippen LogP contribution in [0.2, 0.25) is 0 Å². The average Bonchev–Trinajstić information content (AvgIpc) is 2.28. The summed E-state index contributed by atoms with van der Waals surface area (Å²) in [7, 11) is 0. The molecule has 0 saturated carbocycles. The molecule has 5 heteroatoms. The zero-order valence-electron chi connectivity index (χ0n) is 10.8. The first-order valence-electron chi connectivity index (χ1n) is 5.84. The van der Waals surface area contributed by atoms with Gasteiger partial charge in [0.2, 0.25) is 0 Å². The Kier molecular flexibility index (Phi) is 4.83. The van der Waals surface area contributed by atoms with Gasteiger partial charge >= 0.3 is 5.69 Å². The fraction of sp³-hybridized carbons (Fsp3) is 0.462. The molecule has 5 nitrogen and oxygen atoms in total. The molecular formula is C13H17NO4. The second kappa shape index (κ2) is 6.14. The molecule has 1 atom stereocenters. The number of nitro groups is 1. The maximum atomic E-state index is 10.9. The minimum absolute atomic E-state index is 0.106. The molecule has 0 amide bonds. The Morgan fingerprint density at radius 3 is 2.56 bits per heavy atom. The van der Waals surface area contributed by atoms with Crippen LogP contribution >= 0.6 is 0 Å². The zero-order chi connectivity index (χ0) is 13.7. The third-order valence-electron chi connectivity index (χ3n) is 2.45. The minimum atomic E-state index is -0.537. The summed E-state index contributed by atoms with van der Waals surface area (Å²) < 4.78 is 5.56. The van der Waals surface area contributed by atoms with Crippen LogP contribution in [0.4, 0.5) is 5.69 Å². The van der Waals surface area contributed by atoms with Crippen molar-refractivity contribution >= 4 is 12.0 Å². The molecule has 1 unspecified atom stereocenters. The second-order valence-electron chi connectivity index (χ2n) is 4.66. The van der Waals surface area contributed by atoms with Gasteiger partial charge in [-0.3, -0.25) is 14.9 Å². The molecule has 0 fully saturated rings. The van der Waals surface area contributed by atoms with E-state index in [2.05, 4.69) is 13.8 Å². The van der Waals surface area contributed by atoms with E-state index in [1.54, 1.807) is 0 Å². The second-order valence-corrected chi connectivity index (χ2v) is 4.66. The van der Waals surface area contributed by atoms with Crippen molar-refractivity contribution < 1.29 is 14.5 Å². The molecule has 0 saturated heterocycles. The number of carbonyl (C=O) groups is 1. The molecule has 0 bridgehead atoms. The molecule has 0 N–H and O–H groups in total. The van der Waals surface area contributed by atoms with E-state index in [-0.39, 0.29) is 23.1 Å². The number of nitro benzene ring substituents is 1. The van der Waals surface area contributed by atoms with Gasteiger partial charge in [0.1, 0.15) is 6.29 Å². The summed E-state index contributed by atoms with van der Waals surface area (Å²) in [5.41, 5.74) is 0.0979. The highest BCUT2D eigenvalue weighted by molar-refractivity contribution is 5.77. The van der Waals surface area contributed by atoms with Crippen molar-refractivity contribution in [2.45, 2.75) is 33.3 Å². The Morgan fingerprint density at radius 1 is 1.39 bits per heavy atom. The smallest absolute Gasteiger partial charge is 0.311 e. The maximum absolute atomic E-state index is 10.9. The van der Waals surface area contributed by atoms with Crippen molar-refractivity contribution in [3.05, 3.63) is 33.9 Å². The van der Waals surface area contributed by atoms with Crippen LogP contribution in [0.15, 0.2) is 18.2 Å². The molecule has 1 rings (SSSR count). The molecule has 18 heavy (non-hydrogen) atoms. The Balaban J connectivity index is 2.94. The first-order valence-corrected chi connectivity index (χ1v) is 5.84. The SMILES string of the molecule is CC(C)CC(C)Oc1ccc(C=O)cc1[N+](=O)[O-]. The van der Waals surface area contributed by atoms with E-state index in [0.29, 0.717) is 12.2 Å². The van der Waals surface area contributed by atoms with Crippen LogP contribution in [-0.4, -0.2) is 17.3 Å². The molecule has 98 valence electrons. The lowest BCUT2D eigenvalue weighted by atomic mass is 10.1. The largest absolute Gasteiger partial charge is 0.484 e. The van der Waals surface area contributed by atoms with Crippen molar-refractivity contribution in [3.8, 4) is 5.75 Å². The lowest BCUT2D eigenvalue weighted by molar-refractivity contribution is -0.386. The van der Waals surface area contributed by atoms with E-state index in [1.165, 1.54) is 18.2 Å². The molecule has 1 aromatic carbocycles. The van der Waals surface area contributed by atoms with Gasteiger partial charge < -0.3 is 4.74 Å². The first kappa shape index (κ1) is 14.2. The highest BCUT2D eigenvalue weighted by Crippen LogP contribution is 2.29. The van der Waals surface area contributed by atoms with Gasteiger partial charge in [0.05, 0.1) is 11.0 Å². The Bertz CT molecular complexity index is 443. The number of carbonyl (C=O) groups excluding carboxylic acids is 1. The molecule has 0 aliphatic carbocycles. The van der Waals surface area contributed by atoms with Gasteiger partial charge in [-0.1, -0.05) is 13.8 Å². The predicted octanol–water partition coefficient (Wildman–Crippen LogP) is 3.22. The molecule has 0 spiro atoms. The number of rotatable bonds is 6. The third-order valence-corrected chi connectivity index (χ3v) is 2.45. The summed E-state index contributed by atoms with van der Waals surface area (Å²) in [5, 5.41) is 10.9. The highest BCUT2D eigenvalue weighted by atomic mass is 16.6. The van der Waals surface area contributed by atoms with Gasteiger partial charge in [0, 0.05) is 11.6 Å². The number of ether oxygens (including phenoxy) is 1. The van der Waals surface area contributed by atoms with Gasteiger partial charge in [-0.2, -0.15) is 0 Å². The van der Waals surface area contributed by atoms with E-state index >= 15 is 0 Å². The van der Waals surface area contributed by atoms with Crippen molar-refractivity contribution in [2.24, 2.45) is 5.92 Å². The number of benzene rings is 1. The number of aldehydes is 1. The van der Waals surface area contributed by atoms with E-state index in [4.69, 9.17) is 4.74 Å². The van der Waals surface area contributed by atoms with Crippen molar-refractivity contribution in [3.63, 3.8) is 0 Å². The summed E-state index contributed by atoms with van der Waals surface area (Å²) >= 11 is 0. The van der Waals surface area contributed by atoms with Crippen LogP contribution in [-0.2, 0) is 0 Å². The summed E-state index contributed by atoms with van der Waals surface area (Å²) in [5.74, 6) is 0.659. The van der Waals surface area contributed by atoms with E-state index < -0.39 is 4.92 Å². The van der Waals surface area contributed by atoms with E-state index in [0.717, 1.165) is 6.42 Å². The third kappa shape index (κ3) is 3.84. The fourth-order valence-electron chi connectivity index (χ4n) is 1.78. The molecule has 0 aliphatic rings. The Hall–Kier alpha value is -1.91. The van der Waals surface area contributed by atoms with E-state index in [9.17, 15) is 14.9 Å². The minimum Gasteiger partial charge on any atom is -0.484 e. The summed E-state index contributed by atoms with van der Waals surface area (Å²) in [6.07, 6.45) is 1.28. The normalized spacial score (nSPS) is 12.2. The first-order chi connectivity index (χ1) is 8.43. The van der Waals surface area contributed by atoms with Crippen molar-refractivity contribution in [2.75, 3.05) is 0 Å². The summed E-state index contributed by atoms with van der Waals surface area (Å²) in [6, 6.07) is 4.21. The van der Waals surface area contributed by atoms with Crippen LogP contribution in [0.1, 0.15) is 37.6 Å². The highest BCUT2D eigenvalue weighted by Gasteiger charge is 2.18. The average molecular weight is 251 g/mol. The van der Waals surface area contributed by atoms with Gasteiger partial charge in [-0.25, -0.2) is 0 Å². The van der Waals surface area contributed by atoms with Crippen LogP contribution in [0.5, 0.6) is 5.75 Å². The van der Waals surface area contributed by atoms with Crippen LogP contribution in [0, 0.1) is 16.0 Å². The maximum Gasteiger partial charge on any atom is 0.311 e. The summed E-state index contributed by atoms with van der Waals surface area (Å²) in [4.78, 5) is 21.0. The van der Waals surface area contributed by atoms with Gasteiger partial charge in [-0.15, -0.1) is 0 Å². The quantitative estimate of drug-likeness (QED) is 0.442. The lowest BCUT2D eigenvalue weighted by Crippen LogP contribution is -2.15. The zero-order valence-corrected chi connectivity index (χ0v) is 10.8. The van der Waals surface area contributed by atoms with E-state index in [1.807, 2.05) is 6.92 Å². The number of nitrogens with zero attached hydrogens (tertiary/aromatic N) is 1. The summed E-state index contributed by atoms with van der Waals surface area (Å²) in [6.45, 7) is 5.99. The van der Waals surface area contributed by atoms with Crippen LogP contribution in [0.3, 0.4) is 0 Å². The number of hydrogen-bond donors (Lipinski definition) is 0. The Labute approximate surface area is 106 Å². The van der Waals surface area contributed by atoms with Crippen molar-refractivity contribution in [1.29, 1.82) is 0 Å². The topological polar surface area (TPSA) is 69.4 Å². The van der Waals surface area contributed by atoms with Crippen LogP contribution < -0.4 is 4.74 Å². The molecule has 0 aromatic heterocycles. The predicted molar refractivity (Wildman–Crippen MR) is 68.0 cm³/mol. The number of hydrogen-bond acceptors (Lipinski definition) is 4. The van der Waals surface area contributed by atoms with Crippen molar-refractivity contribution in [1.82, 2.24) is 0 Å². The molecule has 0 radical (unpaired) electrons. The van der Waals surface area contributed by atoms with Crippen LogP contribution in [0.25, 0.3) is 0 Å². The molecule has 1 aromatic rings. The standard InChI is InChI=1S/C13H17NO4/c1-9(2)6-10(3)18-13-5-4-11(8-15)7-12(13)14(16)17/h4-5,7-10H,6H2,1-3H3. The fourth-order valence-corrected chi connectivity index (χ4v) is 1.78. The monoisotopic (exact) mass is 251 g/mol. The molecule has 0 heterocycles. The van der Waals surface area contributed by atoms with Gasteiger partial charge in [0.15, 0.2) is 5.75 Å². The molecule has 0 aliphatic heterocycles. The Morgan fingerprint density at radius 2 is 2.06 bits per heavy atom. The van der Waals surface area contributed by atoms with Gasteiger partial charge in [-0.05, 0) is 31.4 Å².